The molecule has 0 radical (unpaired) electrons. The number of anilines is 1. The third-order valence-electron chi connectivity index (χ3n) is 2.44. The fraction of sp³-hybridized carbons (Fsp3) is 0.778. The molecule has 0 aromatic carbocycles. The molecule has 1 aromatic rings. The van der Waals surface area contributed by atoms with Gasteiger partial charge in [0, 0.05) is 26.1 Å². The molecular formula is C9H16N4O. The lowest BCUT2D eigenvalue weighted by atomic mass is 10.4. The smallest absolute Gasteiger partial charge is 0.266 e. The fourth-order valence-electron chi connectivity index (χ4n) is 1.62. The number of nitrogens with one attached hydrogen (secondary N) is 1. The predicted molar refractivity (Wildman–Crippen MR) is 53.4 cm³/mol. The molecule has 0 saturated carbocycles. The molecule has 0 aliphatic carbocycles. The van der Waals surface area contributed by atoms with Gasteiger partial charge in [-0.1, -0.05) is 0 Å². The first-order chi connectivity index (χ1) is 6.90. The first-order valence-corrected chi connectivity index (χ1v) is 5.12. The van der Waals surface area contributed by atoms with E-state index in [1.54, 1.807) is 0 Å². The Bertz CT molecular complexity index is 280. The van der Waals surface area contributed by atoms with Gasteiger partial charge in [0.05, 0.1) is 0 Å². The molecule has 0 spiro atoms. The average Bonchev–Trinajstić information content (AvgIpc) is 2.85. The Morgan fingerprint density at radius 3 is 2.93 bits per heavy atom. The highest BCUT2D eigenvalue weighted by Gasteiger charge is 2.17. The van der Waals surface area contributed by atoms with Crippen LogP contribution in [0.4, 0.5) is 5.95 Å². The Morgan fingerprint density at radius 2 is 2.21 bits per heavy atom. The van der Waals surface area contributed by atoms with Crippen molar-refractivity contribution in [3.05, 3.63) is 5.89 Å². The number of nitrogens with zero attached hydrogens (tertiary/aromatic N) is 3. The number of aromatic nitrogens is 2. The van der Waals surface area contributed by atoms with E-state index in [-0.39, 0.29) is 0 Å². The molecule has 1 saturated heterocycles. The Kier molecular flexibility index (Phi) is 2.98. The predicted octanol–water partition coefficient (Wildman–Crippen LogP) is 0.432. The summed E-state index contributed by atoms with van der Waals surface area (Å²) in [6, 6.07) is 0. The van der Waals surface area contributed by atoms with Gasteiger partial charge in [0.1, 0.15) is 0 Å². The van der Waals surface area contributed by atoms with E-state index >= 15 is 0 Å². The Balaban J connectivity index is 1.94. The maximum Gasteiger partial charge on any atom is 0.266 e. The first-order valence-electron chi connectivity index (χ1n) is 5.12. The van der Waals surface area contributed by atoms with Gasteiger partial charge in [-0.2, -0.15) is 4.98 Å². The van der Waals surface area contributed by atoms with Crippen molar-refractivity contribution in [2.24, 2.45) is 0 Å². The van der Waals surface area contributed by atoms with Crippen LogP contribution in [0.15, 0.2) is 4.52 Å². The highest BCUT2D eigenvalue weighted by Crippen LogP contribution is 2.15. The lowest BCUT2D eigenvalue weighted by molar-refractivity contribution is 0.376. The summed E-state index contributed by atoms with van der Waals surface area (Å²) in [5.74, 6) is 1.48. The molecule has 0 bridgehead atoms. The van der Waals surface area contributed by atoms with Crippen LogP contribution < -0.4 is 10.2 Å². The molecule has 0 atom stereocenters. The Hall–Kier alpha value is -1.10. The van der Waals surface area contributed by atoms with Crippen molar-refractivity contribution in [1.82, 2.24) is 15.5 Å². The summed E-state index contributed by atoms with van der Waals surface area (Å²) in [4.78, 5) is 6.51. The topological polar surface area (TPSA) is 54.2 Å². The van der Waals surface area contributed by atoms with Crippen molar-refractivity contribution in [2.45, 2.75) is 19.3 Å². The van der Waals surface area contributed by atoms with Gasteiger partial charge in [-0.15, -0.1) is 0 Å². The number of likely N-dealkylation sites (N-methyl/N-ethyl adjacent to an activating group) is 1. The van der Waals surface area contributed by atoms with Crippen LogP contribution in [-0.2, 0) is 6.42 Å². The normalized spacial score (nSPS) is 16.5. The van der Waals surface area contributed by atoms with Crippen molar-refractivity contribution in [2.75, 3.05) is 31.6 Å². The number of rotatable bonds is 4. The van der Waals surface area contributed by atoms with Crippen LogP contribution in [0.3, 0.4) is 0 Å². The average molecular weight is 196 g/mol. The van der Waals surface area contributed by atoms with Crippen LogP contribution in [0.25, 0.3) is 0 Å². The molecule has 1 fully saturated rings. The maximum atomic E-state index is 5.14. The van der Waals surface area contributed by atoms with Crippen molar-refractivity contribution in [3.63, 3.8) is 0 Å². The quantitative estimate of drug-likeness (QED) is 0.757. The molecule has 2 heterocycles. The summed E-state index contributed by atoms with van der Waals surface area (Å²) < 4.78 is 5.14. The molecule has 0 amide bonds. The van der Waals surface area contributed by atoms with E-state index in [0.29, 0.717) is 0 Å². The summed E-state index contributed by atoms with van der Waals surface area (Å²) >= 11 is 0. The van der Waals surface area contributed by atoms with Gasteiger partial charge in [-0.05, 0) is 25.0 Å². The van der Waals surface area contributed by atoms with E-state index in [0.717, 1.165) is 37.9 Å². The van der Waals surface area contributed by atoms with E-state index < -0.39 is 0 Å². The lowest BCUT2D eigenvalue weighted by Gasteiger charge is -2.09. The van der Waals surface area contributed by atoms with Gasteiger partial charge < -0.3 is 14.7 Å². The standard InChI is InChI=1S/C9H16N4O/c1-10-5-4-8-11-9(12-14-8)13-6-2-3-7-13/h10H,2-7H2,1H3. The zero-order chi connectivity index (χ0) is 9.80. The fourth-order valence-corrected chi connectivity index (χ4v) is 1.62. The van der Waals surface area contributed by atoms with Crippen LogP contribution in [0.1, 0.15) is 18.7 Å². The number of hydrogen-bond donors (Lipinski definition) is 1. The molecule has 78 valence electrons. The minimum atomic E-state index is 0.723. The van der Waals surface area contributed by atoms with Crippen LogP contribution in [0, 0.1) is 0 Å². The summed E-state index contributed by atoms with van der Waals surface area (Å²) in [5.41, 5.74) is 0. The summed E-state index contributed by atoms with van der Waals surface area (Å²) in [5, 5.41) is 7.02. The van der Waals surface area contributed by atoms with E-state index in [1.807, 2.05) is 7.05 Å². The van der Waals surface area contributed by atoms with Crippen molar-refractivity contribution in [3.8, 4) is 0 Å². The molecule has 2 rings (SSSR count). The highest BCUT2D eigenvalue weighted by molar-refractivity contribution is 5.28. The van der Waals surface area contributed by atoms with Crippen molar-refractivity contribution < 1.29 is 4.52 Å². The first kappa shape index (κ1) is 9.45. The second-order valence-corrected chi connectivity index (χ2v) is 3.54. The molecule has 5 nitrogen and oxygen atoms in total. The van der Waals surface area contributed by atoms with Gasteiger partial charge in [0.15, 0.2) is 0 Å². The molecule has 5 heteroatoms. The third kappa shape index (κ3) is 2.04. The second-order valence-electron chi connectivity index (χ2n) is 3.54. The van der Waals surface area contributed by atoms with E-state index in [1.165, 1.54) is 12.8 Å². The van der Waals surface area contributed by atoms with Crippen LogP contribution in [-0.4, -0.2) is 36.8 Å². The zero-order valence-electron chi connectivity index (χ0n) is 8.49. The second kappa shape index (κ2) is 4.41. The van der Waals surface area contributed by atoms with Gasteiger partial charge in [-0.3, -0.25) is 0 Å². The van der Waals surface area contributed by atoms with E-state index in [2.05, 4.69) is 20.4 Å². The molecule has 1 N–H and O–H groups in total. The molecule has 14 heavy (non-hydrogen) atoms. The highest BCUT2D eigenvalue weighted by atomic mass is 16.5. The minimum Gasteiger partial charge on any atom is -0.338 e. The Morgan fingerprint density at radius 1 is 1.43 bits per heavy atom. The van der Waals surface area contributed by atoms with E-state index in [4.69, 9.17) is 4.52 Å². The minimum absolute atomic E-state index is 0.723. The van der Waals surface area contributed by atoms with Gasteiger partial charge in [-0.25, -0.2) is 0 Å². The molecule has 0 unspecified atom stereocenters. The molecule has 1 aliphatic heterocycles. The lowest BCUT2D eigenvalue weighted by Crippen LogP contribution is -2.19. The molecule has 1 aliphatic rings. The largest absolute Gasteiger partial charge is 0.338 e. The third-order valence-corrected chi connectivity index (χ3v) is 2.44. The number of hydrogen-bond acceptors (Lipinski definition) is 5. The SMILES string of the molecule is CNCCc1nc(N2CCCC2)no1. The monoisotopic (exact) mass is 196 g/mol. The summed E-state index contributed by atoms with van der Waals surface area (Å²) in [6.45, 7) is 3.00. The summed E-state index contributed by atoms with van der Waals surface area (Å²) in [6.07, 6.45) is 3.28. The summed E-state index contributed by atoms with van der Waals surface area (Å²) in [7, 11) is 1.91. The van der Waals surface area contributed by atoms with Gasteiger partial charge in [0.25, 0.3) is 5.95 Å². The molecule has 1 aromatic heterocycles. The van der Waals surface area contributed by atoms with Crippen LogP contribution >= 0.6 is 0 Å². The van der Waals surface area contributed by atoms with Gasteiger partial charge in [0.2, 0.25) is 5.89 Å². The van der Waals surface area contributed by atoms with Crippen molar-refractivity contribution in [1.29, 1.82) is 0 Å². The Labute approximate surface area is 83.5 Å². The van der Waals surface area contributed by atoms with Crippen LogP contribution in [0.5, 0.6) is 0 Å². The maximum absolute atomic E-state index is 5.14. The van der Waals surface area contributed by atoms with Crippen LogP contribution in [0.2, 0.25) is 0 Å². The van der Waals surface area contributed by atoms with Crippen molar-refractivity contribution >= 4 is 5.95 Å². The molecular weight excluding hydrogens is 180 g/mol. The van der Waals surface area contributed by atoms with E-state index in [9.17, 15) is 0 Å². The zero-order valence-corrected chi connectivity index (χ0v) is 8.49. The van der Waals surface area contributed by atoms with Gasteiger partial charge >= 0.3 is 0 Å².